The predicted molar refractivity (Wildman–Crippen MR) is 112 cm³/mol. The van der Waals surface area contributed by atoms with Gasteiger partial charge in [-0.05, 0) is 48.5 Å². The fraction of sp³-hybridized carbons (Fsp3) is 0.0435. The Hall–Kier alpha value is -3.37. The first-order chi connectivity index (χ1) is 13.7. The van der Waals surface area contributed by atoms with E-state index in [9.17, 15) is 0 Å². The van der Waals surface area contributed by atoms with Crippen molar-refractivity contribution in [3.05, 3.63) is 77.8 Å². The van der Waals surface area contributed by atoms with Gasteiger partial charge in [0.05, 0.1) is 23.7 Å². The van der Waals surface area contributed by atoms with Crippen molar-refractivity contribution in [3.63, 3.8) is 0 Å². The van der Waals surface area contributed by atoms with Crippen LogP contribution >= 0.6 is 11.6 Å². The Morgan fingerprint density at radius 3 is 2.25 bits per heavy atom. The summed E-state index contributed by atoms with van der Waals surface area (Å²) in [4.78, 5) is 4.93. The molecule has 0 aliphatic heterocycles. The molecule has 2 heterocycles. The second kappa shape index (κ2) is 6.66. The second-order valence-corrected chi connectivity index (χ2v) is 6.88. The summed E-state index contributed by atoms with van der Waals surface area (Å²) in [7, 11) is 1.65. The van der Waals surface area contributed by atoms with Crippen LogP contribution < -0.4 is 4.74 Å². The summed E-state index contributed by atoms with van der Waals surface area (Å²) in [6.07, 6.45) is 0. The number of rotatable bonds is 3. The van der Waals surface area contributed by atoms with Crippen LogP contribution in [-0.2, 0) is 0 Å². The Kier molecular flexibility index (Phi) is 3.99. The van der Waals surface area contributed by atoms with Gasteiger partial charge in [0.2, 0.25) is 0 Å². The number of aromatic nitrogens is 2. The maximum atomic E-state index is 6.08. The number of benzene rings is 3. The van der Waals surface area contributed by atoms with Crippen molar-refractivity contribution in [1.29, 1.82) is 0 Å². The average molecular weight is 387 g/mol. The molecule has 3 aromatic carbocycles. The Morgan fingerprint density at radius 2 is 1.50 bits per heavy atom. The largest absolute Gasteiger partial charge is 0.497 e. The Morgan fingerprint density at radius 1 is 0.821 bits per heavy atom. The molecule has 0 fully saturated rings. The van der Waals surface area contributed by atoms with Crippen molar-refractivity contribution >= 4 is 33.5 Å². The van der Waals surface area contributed by atoms with Crippen molar-refractivity contribution in [2.45, 2.75) is 0 Å². The van der Waals surface area contributed by atoms with Crippen molar-refractivity contribution in [1.82, 2.24) is 10.1 Å². The number of nitrogens with zero attached hydrogens (tertiary/aromatic N) is 2. The molecule has 0 N–H and O–H groups in total. The topological polar surface area (TPSA) is 48.2 Å². The predicted octanol–water partition coefficient (Wildman–Crippen LogP) is 6.37. The Labute approximate surface area is 166 Å². The highest BCUT2D eigenvalue weighted by molar-refractivity contribution is 6.30. The third kappa shape index (κ3) is 2.70. The SMILES string of the molecule is COc1ccc(-c2noc3c2c(-c2ccc(Cl)cc2)nc2ccccc23)cc1. The molecule has 0 unspecified atom stereocenters. The van der Waals surface area contributed by atoms with Gasteiger partial charge in [-0.3, -0.25) is 0 Å². The molecule has 136 valence electrons. The van der Waals surface area contributed by atoms with Gasteiger partial charge in [-0.1, -0.05) is 41.0 Å². The van der Waals surface area contributed by atoms with Gasteiger partial charge in [0.15, 0.2) is 5.58 Å². The molecule has 28 heavy (non-hydrogen) atoms. The molecule has 0 saturated carbocycles. The number of hydrogen-bond donors (Lipinski definition) is 0. The number of para-hydroxylation sites is 1. The van der Waals surface area contributed by atoms with E-state index in [2.05, 4.69) is 5.16 Å². The first-order valence-electron chi connectivity index (χ1n) is 8.83. The maximum Gasteiger partial charge on any atom is 0.179 e. The number of methoxy groups -OCH3 is 1. The van der Waals surface area contributed by atoms with Gasteiger partial charge in [-0.25, -0.2) is 4.98 Å². The molecule has 0 radical (unpaired) electrons. The van der Waals surface area contributed by atoms with E-state index < -0.39 is 0 Å². The zero-order chi connectivity index (χ0) is 19.1. The van der Waals surface area contributed by atoms with Crippen molar-refractivity contribution in [2.75, 3.05) is 7.11 Å². The van der Waals surface area contributed by atoms with E-state index in [1.165, 1.54) is 0 Å². The Balaban J connectivity index is 1.84. The normalized spacial score (nSPS) is 11.2. The van der Waals surface area contributed by atoms with E-state index in [0.717, 1.165) is 50.1 Å². The quantitative estimate of drug-likeness (QED) is 0.361. The minimum Gasteiger partial charge on any atom is -0.497 e. The molecule has 0 aliphatic rings. The zero-order valence-electron chi connectivity index (χ0n) is 15.0. The minimum atomic E-state index is 0.682. The van der Waals surface area contributed by atoms with Crippen molar-refractivity contribution in [3.8, 4) is 28.3 Å². The average Bonchev–Trinajstić information content (AvgIpc) is 3.19. The third-order valence-electron chi connectivity index (χ3n) is 4.79. The molecule has 5 rings (SSSR count). The van der Waals surface area contributed by atoms with E-state index in [1.54, 1.807) is 7.11 Å². The van der Waals surface area contributed by atoms with Gasteiger partial charge in [0.1, 0.15) is 11.4 Å². The molecular formula is C23H15ClN2O2. The number of fused-ring (bicyclic) bond motifs is 3. The van der Waals surface area contributed by atoms with E-state index in [0.29, 0.717) is 5.02 Å². The molecule has 5 heteroatoms. The standard InChI is InChI=1S/C23H15ClN2O2/c1-27-17-12-8-15(9-13-17)22-20-21(14-6-10-16(24)11-7-14)25-19-5-3-2-4-18(19)23(20)28-26-22/h2-13H,1H3. The van der Waals surface area contributed by atoms with Crippen molar-refractivity contribution in [2.24, 2.45) is 0 Å². The lowest BCUT2D eigenvalue weighted by molar-refractivity contribution is 0.415. The van der Waals surface area contributed by atoms with Crippen molar-refractivity contribution < 1.29 is 9.26 Å². The molecule has 0 aliphatic carbocycles. The van der Waals surface area contributed by atoms with Gasteiger partial charge in [0, 0.05) is 21.5 Å². The molecule has 0 atom stereocenters. The number of pyridine rings is 1. The molecule has 4 nitrogen and oxygen atoms in total. The lowest BCUT2D eigenvalue weighted by atomic mass is 10.0. The molecular weight excluding hydrogens is 372 g/mol. The van der Waals surface area contributed by atoms with Gasteiger partial charge >= 0.3 is 0 Å². The summed E-state index contributed by atoms with van der Waals surface area (Å²) >= 11 is 6.08. The van der Waals surface area contributed by atoms with Gasteiger partial charge in [-0.15, -0.1) is 0 Å². The van der Waals surface area contributed by atoms with Gasteiger partial charge < -0.3 is 9.26 Å². The molecule has 5 aromatic rings. The van der Waals surface area contributed by atoms with E-state index >= 15 is 0 Å². The third-order valence-corrected chi connectivity index (χ3v) is 5.04. The Bertz CT molecular complexity index is 1290. The number of hydrogen-bond acceptors (Lipinski definition) is 4. The lowest BCUT2D eigenvalue weighted by Gasteiger charge is -2.07. The first kappa shape index (κ1) is 16.8. The highest BCUT2D eigenvalue weighted by atomic mass is 35.5. The molecule has 0 amide bonds. The fourth-order valence-corrected chi connectivity index (χ4v) is 3.52. The van der Waals surface area contributed by atoms with Crippen LogP contribution in [0.15, 0.2) is 77.3 Å². The van der Waals surface area contributed by atoms with Gasteiger partial charge in [-0.2, -0.15) is 0 Å². The lowest BCUT2D eigenvalue weighted by Crippen LogP contribution is -1.89. The number of halogens is 1. The summed E-state index contributed by atoms with van der Waals surface area (Å²) in [5.41, 5.74) is 5.04. The molecule has 0 bridgehead atoms. The van der Waals surface area contributed by atoms with Crippen LogP contribution in [0.25, 0.3) is 44.4 Å². The minimum absolute atomic E-state index is 0.682. The smallest absolute Gasteiger partial charge is 0.179 e. The second-order valence-electron chi connectivity index (χ2n) is 6.45. The summed E-state index contributed by atoms with van der Waals surface area (Å²) in [6.45, 7) is 0. The summed E-state index contributed by atoms with van der Waals surface area (Å²) in [5, 5.41) is 6.89. The van der Waals surface area contributed by atoms with Crippen LogP contribution in [0.1, 0.15) is 0 Å². The van der Waals surface area contributed by atoms with Crippen LogP contribution in [0, 0.1) is 0 Å². The van der Waals surface area contributed by atoms with Gasteiger partial charge in [0.25, 0.3) is 0 Å². The monoisotopic (exact) mass is 386 g/mol. The van der Waals surface area contributed by atoms with Crippen LogP contribution in [0.5, 0.6) is 5.75 Å². The summed E-state index contributed by atoms with van der Waals surface area (Å²) in [6, 6.07) is 23.3. The van der Waals surface area contributed by atoms with Crippen LogP contribution in [0.4, 0.5) is 0 Å². The summed E-state index contributed by atoms with van der Waals surface area (Å²) < 4.78 is 11.1. The summed E-state index contributed by atoms with van der Waals surface area (Å²) in [5.74, 6) is 0.790. The molecule has 2 aromatic heterocycles. The zero-order valence-corrected chi connectivity index (χ0v) is 15.8. The van der Waals surface area contributed by atoms with Crippen LogP contribution in [0.3, 0.4) is 0 Å². The molecule has 0 saturated heterocycles. The molecule has 0 spiro atoms. The highest BCUT2D eigenvalue weighted by Crippen LogP contribution is 2.39. The first-order valence-corrected chi connectivity index (χ1v) is 9.21. The fourth-order valence-electron chi connectivity index (χ4n) is 3.40. The van der Waals surface area contributed by atoms with Crippen LogP contribution in [0.2, 0.25) is 5.02 Å². The maximum absolute atomic E-state index is 6.08. The van der Waals surface area contributed by atoms with E-state index in [1.807, 2.05) is 72.8 Å². The van der Waals surface area contributed by atoms with E-state index in [4.69, 9.17) is 25.8 Å². The van der Waals surface area contributed by atoms with Crippen LogP contribution in [-0.4, -0.2) is 17.3 Å². The van der Waals surface area contributed by atoms with E-state index in [-0.39, 0.29) is 0 Å². The highest BCUT2D eigenvalue weighted by Gasteiger charge is 2.20. The number of ether oxygens (including phenoxy) is 1.